The number of hydrogen-bond acceptors (Lipinski definition) is 4. The van der Waals surface area contributed by atoms with Crippen LogP contribution in [0.15, 0.2) is 42.6 Å². The molecule has 29 heavy (non-hydrogen) atoms. The van der Waals surface area contributed by atoms with Crippen molar-refractivity contribution in [3.8, 4) is 0 Å². The predicted octanol–water partition coefficient (Wildman–Crippen LogP) is 3.00. The van der Waals surface area contributed by atoms with Crippen molar-refractivity contribution in [1.82, 2.24) is 19.8 Å². The Morgan fingerprint density at radius 3 is 2.90 bits per heavy atom. The van der Waals surface area contributed by atoms with Crippen molar-refractivity contribution >= 4 is 29.1 Å². The molecule has 2 aliphatic rings. The minimum atomic E-state index is -0.268. The lowest BCUT2D eigenvalue weighted by atomic mass is 10.1. The van der Waals surface area contributed by atoms with Gasteiger partial charge >= 0.3 is 0 Å². The summed E-state index contributed by atoms with van der Waals surface area (Å²) in [5.41, 5.74) is 1.02. The monoisotopic (exact) mass is 413 g/mol. The quantitative estimate of drug-likeness (QED) is 0.755. The van der Waals surface area contributed by atoms with E-state index in [1.54, 1.807) is 29.3 Å². The van der Waals surface area contributed by atoms with E-state index in [1.165, 1.54) is 0 Å². The van der Waals surface area contributed by atoms with Gasteiger partial charge in [-0.2, -0.15) is 0 Å². The molecule has 8 heteroatoms. The molecule has 0 saturated carbocycles. The summed E-state index contributed by atoms with van der Waals surface area (Å²) in [6.45, 7) is 3.98. The van der Waals surface area contributed by atoms with Gasteiger partial charge in [0, 0.05) is 25.2 Å². The molecule has 0 radical (unpaired) electrons. The number of fused-ring (bicyclic) bond motifs is 1. The number of halogens is 1. The maximum absolute atomic E-state index is 12.7. The first-order chi connectivity index (χ1) is 14.0. The molecule has 152 valence electrons. The van der Waals surface area contributed by atoms with Gasteiger partial charge in [-0.15, -0.1) is 0 Å². The molecule has 2 atom stereocenters. The van der Waals surface area contributed by atoms with E-state index in [0.29, 0.717) is 35.3 Å². The van der Waals surface area contributed by atoms with Crippen LogP contribution >= 0.6 is 11.6 Å². The van der Waals surface area contributed by atoms with Crippen molar-refractivity contribution in [2.45, 2.75) is 38.4 Å². The van der Waals surface area contributed by atoms with Crippen LogP contribution in [0.2, 0.25) is 5.02 Å². The smallest absolute Gasteiger partial charge is 0.273 e. The van der Waals surface area contributed by atoms with Crippen molar-refractivity contribution in [3.63, 3.8) is 0 Å². The van der Waals surface area contributed by atoms with Crippen LogP contribution in [0.3, 0.4) is 0 Å². The standard InChI is InChI=1S/C21H24ClN5O2/c1-14-20-24-13-18(21(29)25-17-7-3-2-6-16(17)22)27(20)12-11-26(14)19(28)9-8-15-5-4-10-23-15/h2-3,6-9,13-15,23H,4-5,10-12H2,1H3,(H,25,29)/b9-8+. The summed E-state index contributed by atoms with van der Waals surface area (Å²) in [5, 5.41) is 6.67. The van der Waals surface area contributed by atoms with Gasteiger partial charge in [-0.05, 0) is 38.4 Å². The molecule has 4 rings (SSSR count). The van der Waals surface area contributed by atoms with Crippen LogP contribution in [0.1, 0.15) is 42.1 Å². The van der Waals surface area contributed by atoms with E-state index in [4.69, 9.17) is 11.6 Å². The van der Waals surface area contributed by atoms with Crippen molar-refractivity contribution in [3.05, 3.63) is 59.2 Å². The molecular weight excluding hydrogens is 390 g/mol. The number of amides is 2. The average molecular weight is 414 g/mol. The lowest BCUT2D eigenvalue weighted by Gasteiger charge is -2.33. The number of hydrogen-bond donors (Lipinski definition) is 2. The minimum absolute atomic E-state index is 0.0254. The molecule has 1 aromatic carbocycles. The number of carbonyl (C=O) groups excluding carboxylic acids is 2. The second-order valence-corrected chi connectivity index (χ2v) is 7.76. The van der Waals surface area contributed by atoms with Crippen molar-refractivity contribution in [2.24, 2.45) is 0 Å². The number of anilines is 1. The van der Waals surface area contributed by atoms with E-state index in [-0.39, 0.29) is 23.9 Å². The summed E-state index contributed by atoms with van der Waals surface area (Å²) in [5.74, 6) is 0.417. The summed E-state index contributed by atoms with van der Waals surface area (Å²) in [6.07, 6.45) is 7.37. The zero-order valence-electron chi connectivity index (χ0n) is 16.3. The molecule has 0 bridgehead atoms. The highest BCUT2D eigenvalue weighted by Crippen LogP contribution is 2.27. The number of aromatic nitrogens is 2. The molecule has 1 saturated heterocycles. The molecule has 2 aromatic rings. The largest absolute Gasteiger partial charge is 0.327 e. The molecule has 7 nitrogen and oxygen atoms in total. The second kappa shape index (κ2) is 8.39. The van der Waals surface area contributed by atoms with Crippen LogP contribution < -0.4 is 10.6 Å². The predicted molar refractivity (Wildman–Crippen MR) is 112 cm³/mol. The van der Waals surface area contributed by atoms with Crippen LogP contribution in [-0.4, -0.2) is 45.4 Å². The fourth-order valence-electron chi connectivity index (χ4n) is 3.90. The minimum Gasteiger partial charge on any atom is -0.327 e. The van der Waals surface area contributed by atoms with E-state index in [9.17, 15) is 9.59 Å². The third-order valence-corrected chi connectivity index (χ3v) is 5.83. The fourth-order valence-corrected chi connectivity index (χ4v) is 4.08. The maximum atomic E-state index is 12.7. The maximum Gasteiger partial charge on any atom is 0.273 e. The van der Waals surface area contributed by atoms with Gasteiger partial charge in [-0.1, -0.05) is 29.8 Å². The highest BCUT2D eigenvalue weighted by atomic mass is 35.5. The number of para-hydroxylation sites is 1. The molecule has 2 N–H and O–H groups in total. The van der Waals surface area contributed by atoms with Gasteiger partial charge in [0.1, 0.15) is 11.5 Å². The van der Waals surface area contributed by atoms with Crippen LogP contribution in [0.5, 0.6) is 0 Å². The van der Waals surface area contributed by atoms with Crippen LogP contribution in [0.25, 0.3) is 0 Å². The van der Waals surface area contributed by atoms with E-state index in [0.717, 1.165) is 19.4 Å². The highest BCUT2D eigenvalue weighted by Gasteiger charge is 2.31. The van der Waals surface area contributed by atoms with Gasteiger partial charge in [-0.25, -0.2) is 4.98 Å². The molecule has 1 fully saturated rings. The number of carbonyl (C=O) groups is 2. The topological polar surface area (TPSA) is 79.3 Å². The summed E-state index contributed by atoms with van der Waals surface area (Å²) in [7, 11) is 0. The number of benzene rings is 1. The first kappa shape index (κ1) is 19.7. The fraction of sp³-hybridized carbons (Fsp3) is 0.381. The Balaban J connectivity index is 1.47. The second-order valence-electron chi connectivity index (χ2n) is 7.36. The van der Waals surface area contributed by atoms with E-state index in [1.807, 2.05) is 29.7 Å². The first-order valence-electron chi connectivity index (χ1n) is 9.88. The molecule has 2 amide bonds. The van der Waals surface area contributed by atoms with Gasteiger partial charge < -0.3 is 20.1 Å². The van der Waals surface area contributed by atoms with E-state index in [2.05, 4.69) is 15.6 Å². The Kier molecular flexibility index (Phi) is 5.69. The van der Waals surface area contributed by atoms with Gasteiger partial charge in [0.2, 0.25) is 5.91 Å². The van der Waals surface area contributed by atoms with Crippen LogP contribution in [0, 0.1) is 0 Å². The van der Waals surface area contributed by atoms with Crippen LogP contribution in [-0.2, 0) is 11.3 Å². The van der Waals surface area contributed by atoms with Crippen molar-refractivity contribution < 1.29 is 9.59 Å². The number of imidazole rings is 1. The Labute approximate surface area is 174 Å². The summed E-state index contributed by atoms with van der Waals surface area (Å²) < 4.78 is 1.88. The zero-order chi connectivity index (χ0) is 20.4. The average Bonchev–Trinajstić information content (AvgIpc) is 3.38. The normalized spacial score (nSPS) is 21.4. The van der Waals surface area contributed by atoms with Gasteiger partial charge in [0.15, 0.2) is 0 Å². The SMILES string of the molecule is CC1c2ncc(C(=O)Nc3ccccc3Cl)n2CCN1C(=O)/C=C/C1CCCN1. The van der Waals surface area contributed by atoms with Gasteiger partial charge in [0.25, 0.3) is 5.91 Å². The van der Waals surface area contributed by atoms with Crippen molar-refractivity contribution in [2.75, 3.05) is 18.4 Å². The molecule has 0 aliphatic carbocycles. The van der Waals surface area contributed by atoms with E-state index < -0.39 is 0 Å². The summed E-state index contributed by atoms with van der Waals surface area (Å²) >= 11 is 6.13. The lowest BCUT2D eigenvalue weighted by molar-refractivity contribution is -0.129. The third-order valence-electron chi connectivity index (χ3n) is 5.50. The molecule has 0 spiro atoms. The Hall–Kier alpha value is -2.64. The third kappa shape index (κ3) is 4.06. The molecular formula is C21H24ClN5O2. The molecule has 2 aliphatic heterocycles. The number of nitrogens with one attached hydrogen (secondary N) is 2. The Morgan fingerprint density at radius 1 is 1.31 bits per heavy atom. The molecule has 1 aromatic heterocycles. The highest BCUT2D eigenvalue weighted by molar-refractivity contribution is 6.33. The zero-order valence-corrected chi connectivity index (χ0v) is 17.0. The Morgan fingerprint density at radius 2 is 2.14 bits per heavy atom. The van der Waals surface area contributed by atoms with Crippen LogP contribution in [0.4, 0.5) is 5.69 Å². The van der Waals surface area contributed by atoms with E-state index >= 15 is 0 Å². The van der Waals surface area contributed by atoms with Crippen molar-refractivity contribution in [1.29, 1.82) is 0 Å². The first-order valence-corrected chi connectivity index (χ1v) is 10.3. The Bertz CT molecular complexity index is 948. The number of nitrogens with zero attached hydrogens (tertiary/aromatic N) is 3. The van der Waals surface area contributed by atoms with Gasteiger partial charge in [-0.3, -0.25) is 9.59 Å². The molecule has 3 heterocycles. The van der Waals surface area contributed by atoms with Gasteiger partial charge in [0.05, 0.1) is 22.9 Å². The number of rotatable bonds is 4. The lowest BCUT2D eigenvalue weighted by Crippen LogP contribution is -2.41. The summed E-state index contributed by atoms with van der Waals surface area (Å²) in [6, 6.07) is 7.17. The summed E-state index contributed by atoms with van der Waals surface area (Å²) in [4.78, 5) is 31.6. The molecule has 2 unspecified atom stereocenters.